The third kappa shape index (κ3) is 2.78. The van der Waals surface area contributed by atoms with Crippen LogP contribution in [0.5, 0.6) is 0 Å². The summed E-state index contributed by atoms with van der Waals surface area (Å²) in [4.78, 5) is 16.4. The molecule has 0 bridgehead atoms. The number of fused-ring (bicyclic) bond motifs is 1. The van der Waals surface area contributed by atoms with Crippen LogP contribution in [0.4, 0.5) is 0 Å². The van der Waals surface area contributed by atoms with E-state index in [1.54, 1.807) is 13.0 Å². The van der Waals surface area contributed by atoms with Gasteiger partial charge in [-0.25, -0.2) is 0 Å². The molecule has 3 rings (SSSR count). The predicted octanol–water partition coefficient (Wildman–Crippen LogP) is 4.38. The van der Waals surface area contributed by atoms with E-state index >= 15 is 0 Å². The maximum Gasteiger partial charge on any atom is 0.251 e. The summed E-state index contributed by atoms with van der Waals surface area (Å²) in [6, 6.07) is 15.1. The van der Waals surface area contributed by atoms with Crippen molar-refractivity contribution >= 4 is 40.8 Å². The molecule has 0 aliphatic carbocycles. The number of aryl methyl sites for hydroxylation is 1. The first-order valence-corrected chi connectivity index (χ1v) is 6.91. The van der Waals surface area contributed by atoms with E-state index in [4.69, 9.17) is 17.3 Å². The molecular weight excluding hydrogens is 319 g/mol. The highest BCUT2D eigenvalue weighted by atomic mass is 35.5. The van der Waals surface area contributed by atoms with Gasteiger partial charge in [0.25, 0.3) is 5.91 Å². The summed E-state index contributed by atoms with van der Waals surface area (Å²) in [5, 5.41) is 1.42. The molecule has 22 heavy (non-hydrogen) atoms. The number of pyridine rings is 1. The van der Waals surface area contributed by atoms with Crippen LogP contribution < -0.4 is 5.73 Å². The molecular formula is C17H14Cl2N2O. The van der Waals surface area contributed by atoms with Gasteiger partial charge in [-0.15, -0.1) is 12.4 Å². The van der Waals surface area contributed by atoms with Gasteiger partial charge in [0.1, 0.15) is 0 Å². The van der Waals surface area contributed by atoms with E-state index in [1.165, 1.54) is 0 Å². The first-order chi connectivity index (χ1) is 10.1. The van der Waals surface area contributed by atoms with E-state index in [2.05, 4.69) is 4.98 Å². The first-order valence-electron chi connectivity index (χ1n) is 6.53. The van der Waals surface area contributed by atoms with Crippen LogP contribution in [0.1, 0.15) is 16.1 Å². The Hall–Kier alpha value is -2.10. The zero-order valence-electron chi connectivity index (χ0n) is 11.8. The Balaban J connectivity index is 0.00000176. The quantitative estimate of drug-likeness (QED) is 0.756. The lowest BCUT2D eigenvalue weighted by Gasteiger charge is -2.13. The molecule has 0 saturated heterocycles. The van der Waals surface area contributed by atoms with Gasteiger partial charge < -0.3 is 5.73 Å². The Labute approximate surface area is 139 Å². The molecule has 0 unspecified atom stereocenters. The first kappa shape index (κ1) is 16.3. The molecule has 0 spiro atoms. The number of amides is 1. The van der Waals surface area contributed by atoms with E-state index in [-0.39, 0.29) is 12.4 Å². The zero-order chi connectivity index (χ0) is 15.0. The minimum absolute atomic E-state index is 0. The fraction of sp³-hybridized carbons (Fsp3) is 0.0588. The van der Waals surface area contributed by atoms with E-state index in [0.29, 0.717) is 16.3 Å². The highest BCUT2D eigenvalue weighted by Gasteiger charge is 2.18. The number of carbonyl (C=O) groups is 1. The number of carbonyl (C=O) groups excluding carboxylic acids is 1. The standard InChI is InChI=1S/C17H13ClN2O.ClH/c1-10-15(17(19)21)16(11-5-3-2-4-6-11)13-9-12(18)7-8-14(13)20-10;/h2-9H,1H3,(H2,19,21);1H. The van der Waals surface area contributed by atoms with Gasteiger partial charge in [-0.2, -0.15) is 0 Å². The highest BCUT2D eigenvalue weighted by Crippen LogP contribution is 2.34. The smallest absolute Gasteiger partial charge is 0.251 e. The molecule has 3 aromatic rings. The molecule has 2 N–H and O–H groups in total. The largest absolute Gasteiger partial charge is 0.366 e. The fourth-order valence-corrected chi connectivity index (χ4v) is 2.74. The minimum Gasteiger partial charge on any atom is -0.366 e. The lowest BCUT2D eigenvalue weighted by atomic mass is 9.94. The maximum absolute atomic E-state index is 11.9. The van der Waals surface area contributed by atoms with Crippen LogP contribution in [0.25, 0.3) is 22.0 Å². The van der Waals surface area contributed by atoms with Gasteiger partial charge in [-0.3, -0.25) is 9.78 Å². The van der Waals surface area contributed by atoms with Crippen LogP contribution in [-0.4, -0.2) is 10.9 Å². The Morgan fingerprint density at radius 3 is 2.45 bits per heavy atom. The Kier molecular flexibility index (Phi) is 4.69. The van der Waals surface area contributed by atoms with Crippen LogP contribution >= 0.6 is 24.0 Å². The van der Waals surface area contributed by atoms with Gasteiger partial charge in [0, 0.05) is 16.0 Å². The zero-order valence-corrected chi connectivity index (χ0v) is 13.4. The molecule has 3 nitrogen and oxygen atoms in total. The second-order valence-electron chi connectivity index (χ2n) is 4.84. The Bertz CT molecular complexity index is 848. The summed E-state index contributed by atoms with van der Waals surface area (Å²) in [7, 11) is 0. The van der Waals surface area contributed by atoms with Gasteiger partial charge in [0.2, 0.25) is 0 Å². The third-order valence-corrected chi connectivity index (χ3v) is 3.67. The van der Waals surface area contributed by atoms with Crippen molar-refractivity contribution in [3.05, 3.63) is 64.8 Å². The van der Waals surface area contributed by atoms with Crippen molar-refractivity contribution in [2.24, 2.45) is 5.73 Å². The molecule has 0 saturated carbocycles. The monoisotopic (exact) mass is 332 g/mol. The summed E-state index contributed by atoms with van der Waals surface area (Å²) in [5.41, 5.74) is 9.13. The number of hydrogen-bond donors (Lipinski definition) is 1. The van der Waals surface area contributed by atoms with E-state index in [1.807, 2.05) is 42.5 Å². The molecule has 5 heteroatoms. The SMILES string of the molecule is Cc1nc2ccc(Cl)cc2c(-c2ccccc2)c1C(N)=O.Cl. The lowest BCUT2D eigenvalue weighted by Crippen LogP contribution is -2.15. The normalized spacial score (nSPS) is 10.3. The fourth-order valence-electron chi connectivity index (χ4n) is 2.56. The molecule has 1 aromatic heterocycles. The van der Waals surface area contributed by atoms with Crippen molar-refractivity contribution in [3.63, 3.8) is 0 Å². The van der Waals surface area contributed by atoms with Crippen molar-refractivity contribution in [2.45, 2.75) is 6.92 Å². The second-order valence-corrected chi connectivity index (χ2v) is 5.28. The number of aromatic nitrogens is 1. The number of halogens is 2. The summed E-state index contributed by atoms with van der Waals surface area (Å²) in [6.07, 6.45) is 0. The molecule has 112 valence electrons. The van der Waals surface area contributed by atoms with Gasteiger partial charge in [-0.05, 0) is 30.7 Å². The minimum atomic E-state index is -0.485. The molecule has 2 aromatic carbocycles. The van der Waals surface area contributed by atoms with Crippen molar-refractivity contribution in [1.82, 2.24) is 4.98 Å². The summed E-state index contributed by atoms with van der Waals surface area (Å²) < 4.78 is 0. The van der Waals surface area contributed by atoms with Gasteiger partial charge >= 0.3 is 0 Å². The summed E-state index contributed by atoms with van der Waals surface area (Å²) >= 11 is 6.11. The van der Waals surface area contributed by atoms with Crippen LogP contribution in [0, 0.1) is 6.92 Å². The third-order valence-electron chi connectivity index (χ3n) is 3.44. The average Bonchev–Trinajstić information content (AvgIpc) is 2.47. The second kappa shape index (κ2) is 6.34. The molecule has 0 radical (unpaired) electrons. The molecule has 0 fully saturated rings. The lowest BCUT2D eigenvalue weighted by molar-refractivity contribution is 0.1000. The molecule has 0 atom stereocenters. The number of nitrogens with zero attached hydrogens (tertiary/aromatic N) is 1. The van der Waals surface area contributed by atoms with Crippen LogP contribution in [0.3, 0.4) is 0 Å². The van der Waals surface area contributed by atoms with E-state index in [0.717, 1.165) is 22.0 Å². The number of benzene rings is 2. The highest BCUT2D eigenvalue weighted by molar-refractivity contribution is 6.31. The molecule has 1 amide bonds. The van der Waals surface area contributed by atoms with Crippen LogP contribution in [0.15, 0.2) is 48.5 Å². The summed E-state index contributed by atoms with van der Waals surface area (Å²) in [6.45, 7) is 1.79. The van der Waals surface area contributed by atoms with E-state index < -0.39 is 5.91 Å². The van der Waals surface area contributed by atoms with Crippen molar-refractivity contribution < 1.29 is 4.79 Å². The van der Waals surface area contributed by atoms with Gasteiger partial charge in [0.05, 0.1) is 16.8 Å². The van der Waals surface area contributed by atoms with E-state index in [9.17, 15) is 4.79 Å². The predicted molar refractivity (Wildman–Crippen MR) is 92.7 cm³/mol. The van der Waals surface area contributed by atoms with Crippen LogP contribution in [-0.2, 0) is 0 Å². The molecule has 0 aliphatic rings. The van der Waals surface area contributed by atoms with Crippen LogP contribution in [0.2, 0.25) is 5.02 Å². The van der Waals surface area contributed by atoms with Crippen molar-refractivity contribution in [1.29, 1.82) is 0 Å². The number of primary amides is 1. The number of hydrogen-bond acceptors (Lipinski definition) is 2. The number of nitrogens with two attached hydrogens (primary N) is 1. The summed E-state index contributed by atoms with van der Waals surface area (Å²) in [5.74, 6) is -0.485. The van der Waals surface area contributed by atoms with Crippen molar-refractivity contribution in [2.75, 3.05) is 0 Å². The molecule has 0 aliphatic heterocycles. The molecule has 1 heterocycles. The van der Waals surface area contributed by atoms with Crippen molar-refractivity contribution in [3.8, 4) is 11.1 Å². The number of rotatable bonds is 2. The average molecular weight is 333 g/mol. The topological polar surface area (TPSA) is 56.0 Å². The Morgan fingerprint density at radius 1 is 1.14 bits per heavy atom. The maximum atomic E-state index is 11.9. The Morgan fingerprint density at radius 2 is 1.82 bits per heavy atom. The van der Waals surface area contributed by atoms with Gasteiger partial charge in [-0.1, -0.05) is 41.9 Å². The van der Waals surface area contributed by atoms with Gasteiger partial charge in [0.15, 0.2) is 0 Å².